The highest BCUT2D eigenvalue weighted by Gasteiger charge is 2.06. The van der Waals surface area contributed by atoms with Crippen LogP contribution in [0.1, 0.15) is 40.5 Å². The van der Waals surface area contributed by atoms with E-state index in [1.807, 2.05) is 13.8 Å². The molecule has 12 heavy (non-hydrogen) atoms. The van der Waals surface area contributed by atoms with Gasteiger partial charge in [-0.2, -0.15) is 0 Å². The Morgan fingerprint density at radius 1 is 1.17 bits per heavy atom. The molecule has 0 aromatic heterocycles. The highest BCUT2D eigenvalue weighted by Crippen LogP contribution is 2.04. The molecule has 0 saturated heterocycles. The lowest BCUT2D eigenvalue weighted by molar-refractivity contribution is 0.0485. The zero-order valence-corrected chi connectivity index (χ0v) is 8.84. The van der Waals surface area contributed by atoms with Gasteiger partial charge < -0.3 is 10.5 Å². The van der Waals surface area contributed by atoms with Gasteiger partial charge in [0, 0.05) is 12.6 Å². The zero-order chi connectivity index (χ0) is 9.56. The maximum absolute atomic E-state index is 5.65. The molecule has 1 unspecified atom stereocenters. The number of hydrogen-bond donors (Lipinski definition) is 1. The Hall–Kier alpha value is -0.0800. The van der Waals surface area contributed by atoms with Crippen LogP contribution in [0.5, 0.6) is 0 Å². The van der Waals surface area contributed by atoms with Crippen molar-refractivity contribution in [1.29, 1.82) is 0 Å². The highest BCUT2D eigenvalue weighted by atomic mass is 16.5. The van der Waals surface area contributed by atoms with Gasteiger partial charge in [-0.05, 0) is 32.6 Å². The molecule has 0 aliphatic heterocycles. The predicted octanol–water partition coefficient (Wildman–Crippen LogP) is 2.17. The zero-order valence-electron chi connectivity index (χ0n) is 8.84. The second kappa shape index (κ2) is 6.44. The Morgan fingerprint density at radius 3 is 2.17 bits per heavy atom. The monoisotopic (exact) mass is 173 g/mol. The largest absolute Gasteiger partial charge is 0.377 e. The quantitative estimate of drug-likeness (QED) is 0.625. The minimum Gasteiger partial charge on any atom is -0.377 e. The van der Waals surface area contributed by atoms with E-state index in [-0.39, 0.29) is 12.1 Å². The van der Waals surface area contributed by atoms with E-state index in [9.17, 15) is 0 Å². The van der Waals surface area contributed by atoms with E-state index in [1.54, 1.807) is 0 Å². The fraction of sp³-hybridized carbons (Fsp3) is 1.00. The van der Waals surface area contributed by atoms with Crippen molar-refractivity contribution in [2.75, 3.05) is 6.61 Å². The maximum Gasteiger partial charge on any atom is 0.0695 e. The van der Waals surface area contributed by atoms with Crippen molar-refractivity contribution in [3.05, 3.63) is 0 Å². The second-order valence-corrected chi connectivity index (χ2v) is 3.97. The third-order valence-corrected chi connectivity index (χ3v) is 2.05. The smallest absolute Gasteiger partial charge is 0.0695 e. The van der Waals surface area contributed by atoms with Gasteiger partial charge >= 0.3 is 0 Å². The summed E-state index contributed by atoms with van der Waals surface area (Å²) in [5, 5.41) is 0. The summed E-state index contributed by atoms with van der Waals surface area (Å²) in [5.41, 5.74) is 5.65. The molecule has 2 nitrogen and oxygen atoms in total. The highest BCUT2D eigenvalue weighted by molar-refractivity contribution is 4.61. The van der Waals surface area contributed by atoms with Crippen LogP contribution in [0.2, 0.25) is 0 Å². The van der Waals surface area contributed by atoms with Gasteiger partial charge in [0.1, 0.15) is 0 Å². The Balaban J connectivity index is 3.20. The van der Waals surface area contributed by atoms with Crippen molar-refractivity contribution in [1.82, 2.24) is 0 Å². The molecule has 0 radical (unpaired) electrons. The van der Waals surface area contributed by atoms with Crippen LogP contribution in [-0.4, -0.2) is 18.8 Å². The van der Waals surface area contributed by atoms with Crippen LogP contribution in [-0.2, 0) is 4.74 Å². The molecule has 0 spiro atoms. The number of ether oxygens (including phenoxy) is 1. The standard InChI is InChI=1S/C10H23NO/c1-8(2)6-5-7-12-10(4)9(3)11/h8-10H,5-7,11H2,1-4H3/t9-,10?/m0/s1. The van der Waals surface area contributed by atoms with Crippen LogP contribution < -0.4 is 5.73 Å². The van der Waals surface area contributed by atoms with E-state index in [0.717, 1.165) is 18.9 Å². The molecular weight excluding hydrogens is 150 g/mol. The molecule has 0 aliphatic carbocycles. The van der Waals surface area contributed by atoms with Crippen LogP contribution in [0.15, 0.2) is 0 Å². The van der Waals surface area contributed by atoms with E-state index in [4.69, 9.17) is 10.5 Å². The van der Waals surface area contributed by atoms with E-state index in [0.29, 0.717) is 0 Å². The molecule has 0 bridgehead atoms. The second-order valence-electron chi connectivity index (χ2n) is 3.97. The predicted molar refractivity (Wildman–Crippen MR) is 53.1 cm³/mol. The molecule has 0 aromatic rings. The minimum atomic E-state index is 0.143. The van der Waals surface area contributed by atoms with Crippen molar-refractivity contribution in [3.63, 3.8) is 0 Å². The van der Waals surface area contributed by atoms with Gasteiger partial charge in [-0.3, -0.25) is 0 Å². The van der Waals surface area contributed by atoms with Crippen molar-refractivity contribution >= 4 is 0 Å². The first-order valence-corrected chi connectivity index (χ1v) is 4.91. The molecule has 2 N–H and O–H groups in total. The third kappa shape index (κ3) is 6.62. The minimum absolute atomic E-state index is 0.143. The third-order valence-electron chi connectivity index (χ3n) is 2.05. The first-order valence-electron chi connectivity index (χ1n) is 4.91. The Morgan fingerprint density at radius 2 is 1.75 bits per heavy atom. The molecule has 0 saturated carbocycles. The lowest BCUT2D eigenvalue weighted by atomic mass is 10.1. The molecule has 2 heteroatoms. The van der Waals surface area contributed by atoms with E-state index in [2.05, 4.69) is 13.8 Å². The van der Waals surface area contributed by atoms with Gasteiger partial charge in [-0.15, -0.1) is 0 Å². The van der Waals surface area contributed by atoms with Crippen molar-refractivity contribution in [3.8, 4) is 0 Å². The molecular formula is C10H23NO. The van der Waals surface area contributed by atoms with Crippen molar-refractivity contribution in [2.24, 2.45) is 11.7 Å². The molecule has 0 amide bonds. The molecule has 74 valence electrons. The van der Waals surface area contributed by atoms with Crippen LogP contribution in [0.4, 0.5) is 0 Å². The topological polar surface area (TPSA) is 35.2 Å². The lowest BCUT2D eigenvalue weighted by Crippen LogP contribution is -2.31. The van der Waals surface area contributed by atoms with E-state index in [1.165, 1.54) is 6.42 Å². The molecule has 0 aromatic carbocycles. The maximum atomic E-state index is 5.65. The summed E-state index contributed by atoms with van der Waals surface area (Å²) in [5.74, 6) is 0.777. The van der Waals surface area contributed by atoms with Crippen LogP contribution >= 0.6 is 0 Å². The molecule has 0 fully saturated rings. The van der Waals surface area contributed by atoms with Gasteiger partial charge in [-0.25, -0.2) is 0 Å². The molecule has 0 rings (SSSR count). The summed E-state index contributed by atoms with van der Waals surface area (Å²) in [6, 6.07) is 0.143. The molecule has 0 heterocycles. The normalized spacial score (nSPS) is 16.5. The SMILES string of the molecule is CC(C)CCCOC(C)[C@H](C)N. The Kier molecular flexibility index (Phi) is 6.39. The number of hydrogen-bond acceptors (Lipinski definition) is 2. The fourth-order valence-corrected chi connectivity index (χ4v) is 0.913. The van der Waals surface area contributed by atoms with Crippen LogP contribution in [0.3, 0.4) is 0 Å². The number of rotatable bonds is 6. The Bertz CT molecular complexity index is 102. The molecule has 0 aliphatic rings. The average Bonchev–Trinajstić information content (AvgIpc) is 1.97. The Labute approximate surface area is 76.5 Å². The van der Waals surface area contributed by atoms with Crippen LogP contribution in [0, 0.1) is 5.92 Å². The van der Waals surface area contributed by atoms with Crippen molar-refractivity contribution < 1.29 is 4.74 Å². The summed E-state index contributed by atoms with van der Waals surface area (Å²) >= 11 is 0. The summed E-state index contributed by atoms with van der Waals surface area (Å²) in [6.45, 7) is 9.32. The summed E-state index contributed by atoms with van der Waals surface area (Å²) in [7, 11) is 0. The average molecular weight is 173 g/mol. The van der Waals surface area contributed by atoms with E-state index >= 15 is 0 Å². The number of nitrogens with two attached hydrogens (primary N) is 1. The first-order chi connectivity index (χ1) is 5.54. The fourth-order valence-electron chi connectivity index (χ4n) is 0.913. The van der Waals surface area contributed by atoms with Gasteiger partial charge in [0.2, 0.25) is 0 Å². The van der Waals surface area contributed by atoms with Crippen LogP contribution in [0.25, 0.3) is 0 Å². The first kappa shape index (κ1) is 11.9. The summed E-state index contributed by atoms with van der Waals surface area (Å²) in [4.78, 5) is 0. The van der Waals surface area contributed by atoms with E-state index < -0.39 is 0 Å². The summed E-state index contributed by atoms with van der Waals surface area (Å²) in [6.07, 6.45) is 2.58. The van der Waals surface area contributed by atoms with Gasteiger partial charge in [0.05, 0.1) is 6.10 Å². The molecule has 2 atom stereocenters. The summed E-state index contributed by atoms with van der Waals surface area (Å²) < 4.78 is 5.53. The van der Waals surface area contributed by atoms with Gasteiger partial charge in [0.25, 0.3) is 0 Å². The van der Waals surface area contributed by atoms with Gasteiger partial charge in [0.15, 0.2) is 0 Å². The van der Waals surface area contributed by atoms with Gasteiger partial charge in [-0.1, -0.05) is 13.8 Å². The lowest BCUT2D eigenvalue weighted by Gasteiger charge is -2.16. The van der Waals surface area contributed by atoms with Crippen molar-refractivity contribution in [2.45, 2.75) is 52.7 Å².